The van der Waals surface area contributed by atoms with Crippen LogP contribution in [0.1, 0.15) is 17.7 Å². The van der Waals surface area contributed by atoms with E-state index in [1.54, 1.807) is 17.0 Å². The summed E-state index contributed by atoms with van der Waals surface area (Å²) in [5, 5.41) is 0. The molecule has 0 fully saturated rings. The van der Waals surface area contributed by atoms with Crippen molar-refractivity contribution in [2.75, 3.05) is 18.1 Å². The molecule has 2 aromatic rings. The average Bonchev–Trinajstić information content (AvgIpc) is 3.11. The minimum atomic E-state index is -0.569. The Hall–Kier alpha value is -2.82. The van der Waals surface area contributed by atoms with Gasteiger partial charge < -0.3 is 14.1 Å². The molecule has 0 bridgehead atoms. The van der Waals surface area contributed by atoms with E-state index in [4.69, 9.17) is 9.15 Å². The number of hydrogen-bond donors (Lipinski definition) is 0. The van der Waals surface area contributed by atoms with Crippen molar-refractivity contribution in [3.8, 4) is 0 Å². The van der Waals surface area contributed by atoms with Crippen molar-refractivity contribution in [1.29, 1.82) is 0 Å². The van der Waals surface area contributed by atoms with Crippen molar-refractivity contribution >= 4 is 23.6 Å². The predicted octanol–water partition coefficient (Wildman–Crippen LogP) is 2.82. The summed E-state index contributed by atoms with van der Waals surface area (Å²) in [6, 6.07) is 11.3. The zero-order chi connectivity index (χ0) is 16.1. The molecule has 0 aliphatic carbocycles. The van der Waals surface area contributed by atoms with Gasteiger partial charge in [0.15, 0.2) is 6.61 Å². The van der Waals surface area contributed by atoms with Crippen molar-refractivity contribution in [2.24, 2.45) is 0 Å². The van der Waals surface area contributed by atoms with E-state index in [1.165, 1.54) is 18.4 Å². The highest BCUT2D eigenvalue weighted by Gasteiger charge is 2.22. The van der Waals surface area contributed by atoms with Crippen LogP contribution in [-0.4, -0.2) is 25.0 Å². The molecule has 1 aliphatic heterocycles. The third-order valence-electron chi connectivity index (χ3n) is 3.68. The first-order valence-electron chi connectivity index (χ1n) is 7.50. The van der Waals surface area contributed by atoms with E-state index < -0.39 is 5.97 Å². The Labute approximate surface area is 134 Å². The van der Waals surface area contributed by atoms with Gasteiger partial charge in [-0.25, -0.2) is 4.79 Å². The molecule has 3 rings (SSSR count). The van der Waals surface area contributed by atoms with Crippen molar-refractivity contribution < 1.29 is 18.7 Å². The number of ether oxygens (including phenoxy) is 1. The van der Waals surface area contributed by atoms with E-state index in [0.29, 0.717) is 12.3 Å². The second-order valence-electron chi connectivity index (χ2n) is 5.23. The van der Waals surface area contributed by atoms with Gasteiger partial charge in [-0.3, -0.25) is 4.79 Å². The fraction of sp³-hybridized carbons (Fsp3) is 0.222. The molecule has 118 valence electrons. The molecule has 5 nitrogen and oxygen atoms in total. The number of furan rings is 1. The molecule has 0 atom stereocenters. The molecule has 5 heteroatoms. The smallest absolute Gasteiger partial charge is 0.331 e. The number of benzene rings is 1. The van der Waals surface area contributed by atoms with Crippen molar-refractivity contribution in [3.63, 3.8) is 0 Å². The van der Waals surface area contributed by atoms with Crippen LogP contribution in [0.2, 0.25) is 0 Å². The van der Waals surface area contributed by atoms with Gasteiger partial charge in [-0.1, -0.05) is 18.2 Å². The highest BCUT2D eigenvalue weighted by Crippen LogP contribution is 2.26. The van der Waals surface area contributed by atoms with E-state index in [1.807, 2.05) is 24.3 Å². The Kier molecular flexibility index (Phi) is 4.57. The number of esters is 1. The number of nitrogens with zero attached hydrogens (tertiary/aromatic N) is 1. The lowest BCUT2D eigenvalue weighted by molar-refractivity contribution is -0.142. The monoisotopic (exact) mass is 311 g/mol. The largest absolute Gasteiger partial charge is 0.465 e. The Balaban J connectivity index is 1.57. The van der Waals surface area contributed by atoms with E-state index in [2.05, 4.69) is 0 Å². The lowest BCUT2D eigenvalue weighted by atomic mass is 10.0. The van der Waals surface area contributed by atoms with Gasteiger partial charge in [0, 0.05) is 18.3 Å². The number of carbonyl (C=O) groups is 2. The molecule has 0 saturated carbocycles. The normalized spacial score (nSPS) is 13.8. The molecule has 1 amide bonds. The van der Waals surface area contributed by atoms with Gasteiger partial charge in [-0.15, -0.1) is 0 Å². The Morgan fingerprint density at radius 3 is 2.91 bits per heavy atom. The number of amides is 1. The highest BCUT2D eigenvalue weighted by atomic mass is 16.5. The molecule has 0 unspecified atom stereocenters. The number of carbonyl (C=O) groups excluding carboxylic acids is 2. The third kappa shape index (κ3) is 3.69. The predicted molar refractivity (Wildman–Crippen MR) is 85.8 cm³/mol. The summed E-state index contributed by atoms with van der Waals surface area (Å²) in [4.78, 5) is 25.6. The SMILES string of the molecule is O=C(/C=C/c1ccco1)OCC(=O)N1CCCc2ccccc21. The second-order valence-corrected chi connectivity index (χ2v) is 5.23. The van der Waals surface area contributed by atoms with Crippen LogP contribution < -0.4 is 4.90 Å². The quantitative estimate of drug-likeness (QED) is 0.643. The first kappa shape index (κ1) is 15.1. The van der Waals surface area contributed by atoms with Crippen molar-refractivity contribution in [3.05, 3.63) is 60.1 Å². The maximum absolute atomic E-state index is 12.3. The number of hydrogen-bond acceptors (Lipinski definition) is 4. The zero-order valence-corrected chi connectivity index (χ0v) is 12.6. The van der Waals surface area contributed by atoms with Gasteiger partial charge >= 0.3 is 5.97 Å². The highest BCUT2D eigenvalue weighted by molar-refractivity contribution is 5.97. The van der Waals surface area contributed by atoms with Crippen LogP contribution in [0.5, 0.6) is 0 Å². The summed E-state index contributed by atoms with van der Waals surface area (Å²) >= 11 is 0. The van der Waals surface area contributed by atoms with Gasteiger partial charge in [-0.05, 0) is 42.7 Å². The zero-order valence-electron chi connectivity index (χ0n) is 12.6. The second kappa shape index (κ2) is 6.96. The standard InChI is InChI=1S/C18H17NO4/c20-17(13-23-18(21)10-9-15-7-4-12-22-15)19-11-3-6-14-5-1-2-8-16(14)19/h1-2,4-5,7-10,12H,3,6,11,13H2/b10-9+. The van der Waals surface area contributed by atoms with Gasteiger partial charge in [0.05, 0.1) is 6.26 Å². The van der Waals surface area contributed by atoms with Crippen LogP contribution in [0.4, 0.5) is 5.69 Å². The molecule has 0 saturated heterocycles. The van der Waals surface area contributed by atoms with E-state index in [0.717, 1.165) is 24.1 Å². The van der Waals surface area contributed by atoms with Gasteiger partial charge in [-0.2, -0.15) is 0 Å². The molecule has 1 aliphatic rings. The first-order chi connectivity index (χ1) is 11.2. The van der Waals surface area contributed by atoms with Crippen LogP contribution in [-0.2, 0) is 20.7 Å². The fourth-order valence-electron chi connectivity index (χ4n) is 2.59. The minimum absolute atomic E-state index is 0.211. The lowest BCUT2D eigenvalue weighted by Gasteiger charge is -2.29. The first-order valence-corrected chi connectivity index (χ1v) is 7.50. The Bertz CT molecular complexity index is 718. The molecule has 1 aromatic carbocycles. The number of para-hydroxylation sites is 1. The van der Waals surface area contributed by atoms with E-state index >= 15 is 0 Å². The van der Waals surface area contributed by atoms with Crippen molar-refractivity contribution in [2.45, 2.75) is 12.8 Å². The lowest BCUT2D eigenvalue weighted by Crippen LogP contribution is -2.38. The maximum atomic E-state index is 12.3. The molecule has 0 radical (unpaired) electrons. The molecule has 0 spiro atoms. The van der Waals surface area contributed by atoms with Crippen molar-refractivity contribution in [1.82, 2.24) is 0 Å². The summed E-state index contributed by atoms with van der Waals surface area (Å²) < 4.78 is 10.1. The summed E-state index contributed by atoms with van der Waals surface area (Å²) in [5.74, 6) is -0.227. The van der Waals surface area contributed by atoms with Gasteiger partial charge in [0.1, 0.15) is 5.76 Å². The summed E-state index contributed by atoms with van der Waals surface area (Å²) in [5.41, 5.74) is 2.06. The van der Waals surface area contributed by atoms with Crippen LogP contribution in [0.3, 0.4) is 0 Å². The van der Waals surface area contributed by atoms with Crippen LogP contribution in [0, 0.1) is 0 Å². The minimum Gasteiger partial charge on any atom is -0.465 e. The summed E-state index contributed by atoms with van der Waals surface area (Å²) in [7, 11) is 0. The molecular formula is C18H17NO4. The Morgan fingerprint density at radius 1 is 1.22 bits per heavy atom. The third-order valence-corrected chi connectivity index (χ3v) is 3.68. The van der Waals surface area contributed by atoms with Gasteiger partial charge in [0.2, 0.25) is 0 Å². The topological polar surface area (TPSA) is 59.8 Å². The average molecular weight is 311 g/mol. The molecular weight excluding hydrogens is 294 g/mol. The van der Waals surface area contributed by atoms with Crippen LogP contribution in [0.15, 0.2) is 53.2 Å². The number of anilines is 1. The molecule has 0 N–H and O–H groups in total. The van der Waals surface area contributed by atoms with Crippen LogP contribution in [0.25, 0.3) is 6.08 Å². The number of aryl methyl sites for hydroxylation is 1. The van der Waals surface area contributed by atoms with E-state index in [9.17, 15) is 9.59 Å². The summed E-state index contributed by atoms with van der Waals surface area (Å²) in [6.07, 6.45) is 6.14. The molecule has 2 heterocycles. The van der Waals surface area contributed by atoms with Crippen LogP contribution >= 0.6 is 0 Å². The number of rotatable bonds is 4. The fourth-order valence-corrected chi connectivity index (χ4v) is 2.59. The number of fused-ring (bicyclic) bond motifs is 1. The summed E-state index contributed by atoms with van der Waals surface area (Å²) in [6.45, 7) is 0.380. The maximum Gasteiger partial charge on any atom is 0.331 e. The molecule has 23 heavy (non-hydrogen) atoms. The van der Waals surface area contributed by atoms with Gasteiger partial charge in [0.25, 0.3) is 5.91 Å². The van der Waals surface area contributed by atoms with E-state index in [-0.39, 0.29) is 12.5 Å². The molecule has 1 aromatic heterocycles. The Morgan fingerprint density at radius 2 is 2.09 bits per heavy atom.